The second kappa shape index (κ2) is 7.13. The summed E-state index contributed by atoms with van der Waals surface area (Å²) in [6.07, 6.45) is 4.27. The zero-order valence-electron chi connectivity index (χ0n) is 11.0. The fourth-order valence-electron chi connectivity index (χ4n) is 1.87. The minimum atomic E-state index is 0.317. The third-order valence-corrected chi connectivity index (χ3v) is 3.27. The molecule has 0 aliphatic heterocycles. The highest BCUT2D eigenvalue weighted by atomic mass is 35.5. The first-order chi connectivity index (χ1) is 9.25. The van der Waals surface area contributed by atoms with E-state index in [0.717, 1.165) is 11.6 Å². The molecule has 0 heterocycles. The smallest absolute Gasteiger partial charge is 0.0406 e. The number of hydrogen-bond acceptors (Lipinski definition) is 1. The first kappa shape index (κ1) is 13.9. The fraction of sp³-hybridized carbons (Fsp3) is 0.176. The molecule has 1 nitrogen and oxygen atoms in total. The minimum Gasteiger partial charge on any atom is -0.307 e. The normalized spacial score (nSPS) is 12.7. The van der Waals surface area contributed by atoms with Crippen LogP contribution in [0.3, 0.4) is 0 Å². The first-order valence-electron chi connectivity index (χ1n) is 6.46. The van der Waals surface area contributed by atoms with E-state index in [1.165, 1.54) is 11.1 Å². The van der Waals surface area contributed by atoms with E-state index in [1.54, 1.807) is 0 Å². The molecule has 19 heavy (non-hydrogen) atoms. The molecule has 0 unspecified atom stereocenters. The second-order valence-electron chi connectivity index (χ2n) is 4.49. The molecular weight excluding hydrogens is 254 g/mol. The highest BCUT2D eigenvalue weighted by molar-refractivity contribution is 6.30. The highest BCUT2D eigenvalue weighted by Gasteiger charge is 2.02. The van der Waals surface area contributed by atoms with Gasteiger partial charge in [0, 0.05) is 17.6 Å². The number of nitrogens with one attached hydrogen (secondary N) is 1. The molecule has 1 N–H and O–H groups in total. The van der Waals surface area contributed by atoms with E-state index < -0.39 is 0 Å². The van der Waals surface area contributed by atoms with E-state index in [9.17, 15) is 0 Å². The van der Waals surface area contributed by atoms with Crippen LogP contribution in [0, 0.1) is 0 Å². The third-order valence-electron chi connectivity index (χ3n) is 3.02. The average molecular weight is 272 g/mol. The average Bonchev–Trinajstić information content (AvgIpc) is 2.45. The lowest BCUT2D eigenvalue weighted by Gasteiger charge is -2.12. The van der Waals surface area contributed by atoms with E-state index in [2.05, 4.69) is 48.7 Å². The summed E-state index contributed by atoms with van der Waals surface area (Å²) in [7, 11) is 0. The van der Waals surface area contributed by atoms with Gasteiger partial charge in [-0.25, -0.2) is 0 Å². The summed E-state index contributed by atoms with van der Waals surface area (Å²) in [6, 6.07) is 18.6. The summed E-state index contributed by atoms with van der Waals surface area (Å²) in [5.41, 5.74) is 2.47. The van der Waals surface area contributed by atoms with Crippen LogP contribution in [0.25, 0.3) is 6.08 Å². The third kappa shape index (κ3) is 4.55. The Balaban J connectivity index is 1.82. The number of hydrogen-bond donors (Lipinski definition) is 1. The van der Waals surface area contributed by atoms with E-state index in [4.69, 9.17) is 11.6 Å². The SMILES string of the molecule is C[C@H](NC/C=C/c1ccccc1)c1ccc(Cl)cc1. The van der Waals surface area contributed by atoms with Gasteiger partial charge in [-0.2, -0.15) is 0 Å². The van der Waals surface area contributed by atoms with Crippen LogP contribution >= 0.6 is 11.6 Å². The highest BCUT2D eigenvalue weighted by Crippen LogP contribution is 2.15. The zero-order valence-corrected chi connectivity index (χ0v) is 11.8. The van der Waals surface area contributed by atoms with Gasteiger partial charge in [-0.3, -0.25) is 0 Å². The van der Waals surface area contributed by atoms with E-state index in [1.807, 2.05) is 30.3 Å². The lowest BCUT2D eigenvalue weighted by Crippen LogP contribution is -2.18. The lowest BCUT2D eigenvalue weighted by molar-refractivity contribution is 0.618. The van der Waals surface area contributed by atoms with Crippen molar-refractivity contribution in [2.45, 2.75) is 13.0 Å². The van der Waals surface area contributed by atoms with Gasteiger partial charge in [-0.05, 0) is 30.2 Å². The van der Waals surface area contributed by atoms with Crippen molar-refractivity contribution in [3.63, 3.8) is 0 Å². The molecule has 2 rings (SSSR count). The molecular formula is C17H18ClN. The Morgan fingerprint density at radius 2 is 1.74 bits per heavy atom. The molecule has 0 radical (unpaired) electrons. The Morgan fingerprint density at radius 3 is 2.42 bits per heavy atom. The van der Waals surface area contributed by atoms with Crippen LogP contribution in [0.4, 0.5) is 0 Å². The van der Waals surface area contributed by atoms with Crippen LogP contribution in [0.15, 0.2) is 60.7 Å². The van der Waals surface area contributed by atoms with Crippen molar-refractivity contribution < 1.29 is 0 Å². The number of benzene rings is 2. The van der Waals surface area contributed by atoms with Gasteiger partial charge in [-0.1, -0.05) is 66.2 Å². The maximum atomic E-state index is 5.88. The quantitative estimate of drug-likeness (QED) is 0.831. The molecule has 0 aliphatic carbocycles. The summed E-state index contributed by atoms with van der Waals surface area (Å²) in [4.78, 5) is 0. The van der Waals surface area contributed by atoms with Crippen LogP contribution in [0.5, 0.6) is 0 Å². The Morgan fingerprint density at radius 1 is 1.05 bits per heavy atom. The van der Waals surface area contributed by atoms with Crippen molar-refractivity contribution in [2.75, 3.05) is 6.54 Å². The van der Waals surface area contributed by atoms with Crippen molar-refractivity contribution in [3.8, 4) is 0 Å². The second-order valence-corrected chi connectivity index (χ2v) is 4.93. The predicted molar refractivity (Wildman–Crippen MR) is 83.3 cm³/mol. The van der Waals surface area contributed by atoms with E-state index >= 15 is 0 Å². The number of halogens is 1. The largest absolute Gasteiger partial charge is 0.307 e. The number of rotatable bonds is 5. The predicted octanol–water partition coefficient (Wildman–Crippen LogP) is 4.70. The monoisotopic (exact) mass is 271 g/mol. The minimum absolute atomic E-state index is 0.317. The summed E-state index contributed by atoms with van der Waals surface area (Å²) in [5, 5.41) is 4.24. The van der Waals surface area contributed by atoms with Crippen molar-refractivity contribution in [3.05, 3.63) is 76.8 Å². The van der Waals surface area contributed by atoms with Crippen molar-refractivity contribution in [1.82, 2.24) is 5.32 Å². The molecule has 0 spiro atoms. The Hall–Kier alpha value is -1.57. The molecule has 1 atom stereocenters. The molecule has 0 fully saturated rings. The molecule has 0 saturated heterocycles. The molecule has 0 bridgehead atoms. The van der Waals surface area contributed by atoms with Crippen LogP contribution in [-0.2, 0) is 0 Å². The summed E-state index contributed by atoms with van der Waals surface area (Å²) in [6.45, 7) is 3.00. The van der Waals surface area contributed by atoms with Gasteiger partial charge in [0.1, 0.15) is 0 Å². The Labute approximate surface area is 119 Å². The van der Waals surface area contributed by atoms with Gasteiger partial charge in [-0.15, -0.1) is 0 Å². The van der Waals surface area contributed by atoms with Crippen LogP contribution in [0.1, 0.15) is 24.1 Å². The van der Waals surface area contributed by atoms with Crippen LogP contribution in [-0.4, -0.2) is 6.54 Å². The first-order valence-corrected chi connectivity index (χ1v) is 6.84. The fourth-order valence-corrected chi connectivity index (χ4v) is 2.00. The summed E-state index contributed by atoms with van der Waals surface area (Å²) < 4.78 is 0. The molecule has 2 aromatic carbocycles. The molecule has 2 heteroatoms. The summed E-state index contributed by atoms with van der Waals surface area (Å²) >= 11 is 5.88. The van der Waals surface area contributed by atoms with Gasteiger partial charge >= 0.3 is 0 Å². The molecule has 0 aromatic heterocycles. The molecule has 2 aromatic rings. The van der Waals surface area contributed by atoms with Gasteiger partial charge in [0.15, 0.2) is 0 Å². The van der Waals surface area contributed by atoms with Gasteiger partial charge in [0.2, 0.25) is 0 Å². The van der Waals surface area contributed by atoms with Crippen LogP contribution in [0.2, 0.25) is 5.02 Å². The molecule has 0 aliphatic rings. The zero-order chi connectivity index (χ0) is 13.5. The standard InChI is InChI=1S/C17H18ClN/c1-14(16-9-11-17(18)12-10-16)19-13-5-8-15-6-3-2-4-7-15/h2-12,14,19H,13H2,1H3/b8-5+/t14-/m0/s1. The van der Waals surface area contributed by atoms with Gasteiger partial charge < -0.3 is 5.32 Å². The lowest BCUT2D eigenvalue weighted by atomic mass is 10.1. The molecule has 98 valence electrons. The molecule has 0 amide bonds. The van der Waals surface area contributed by atoms with E-state index in [-0.39, 0.29) is 0 Å². The van der Waals surface area contributed by atoms with E-state index in [0.29, 0.717) is 6.04 Å². The van der Waals surface area contributed by atoms with Crippen molar-refractivity contribution in [1.29, 1.82) is 0 Å². The maximum Gasteiger partial charge on any atom is 0.0406 e. The maximum absolute atomic E-state index is 5.88. The summed E-state index contributed by atoms with van der Waals surface area (Å²) in [5.74, 6) is 0. The van der Waals surface area contributed by atoms with Crippen LogP contribution < -0.4 is 5.32 Å². The Bertz CT molecular complexity index is 517. The molecule has 0 saturated carbocycles. The Kier molecular flexibility index (Phi) is 5.20. The van der Waals surface area contributed by atoms with Crippen molar-refractivity contribution >= 4 is 17.7 Å². The van der Waals surface area contributed by atoms with Gasteiger partial charge in [0.25, 0.3) is 0 Å². The van der Waals surface area contributed by atoms with Gasteiger partial charge in [0.05, 0.1) is 0 Å². The van der Waals surface area contributed by atoms with Crippen molar-refractivity contribution in [2.24, 2.45) is 0 Å². The topological polar surface area (TPSA) is 12.0 Å².